The molecule has 0 bridgehead atoms. The third-order valence-corrected chi connectivity index (χ3v) is 4.65. The lowest BCUT2D eigenvalue weighted by Gasteiger charge is -2.27. The maximum Gasteiger partial charge on any atom is 0.315 e. The number of carbonyl (C=O) groups excluding carboxylic acids is 1. The molecule has 1 aromatic rings. The van der Waals surface area contributed by atoms with Crippen molar-refractivity contribution in [3.63, 3.8) is 0 Å². The second-order valence-electron chi connectivity index (χ2n) is 6.74. The summed E-state index contributed by atoms with van der Waals surface area (Å²) in [6.45, 7) is 10.8. The molecule has 1 aliphatic rings. The zero-order chi connectivity index (χ0) is 15.7. The fourth-order valence-electron chi connectivity index (χ4n) is 2.80. The minimum atomic E-state index is -0.340. The number of carbonyl (C=O) groups is 1. The summed E-state index contributed by atoms with van der Waals surface area (Å²) in [5, 5.41) is 6.97. The summed E-state index contributed by atoms with van der Waals surface area (Å²) in [4.78, 5) is 17.5. The van der Waals surface area contributed by atoms with Gasteiger partial charge in [-0.25, -0.2) is 9.78 Å². The molecule has 2 heterocycles. The van der Waals surface area contributed by atoms with E-state index in [1.165, 1.54) is 4.88 Å². The number of nitrogens with zero attached hydrogens (tertiary/aromatic N) is 1. The molecule has 1 saturated heterocycles. The van der Waals surface area contributed by atoms with Crippen LogP contribution in [0.25, 0.3) is 0 Å². The van der Waals surface area contributed by atoms with Gasteiger partial charge in [-0.15, -0.1) is 11.3 Å². The monoisotopic (exact) mass is 311 g/mol. The van der Waals surface area contributed by atoms with Crippen LogP contribution in [-0.4, -0.2) is 34.8 Å². The Morgan fingerprint density at radius 3 is 2.71 bits per heavy atom. The fraction of sp³-hybridized carbons (Fsp3) is 0.733. The van der Waals surface area contributed by atoms with E-state index < -0.39 is 0 Å². The number of rotatable bonds is 4. The first-order chi connectivity index (χ1) is 9.68. The highest BCUT2D eigenvalue weighted by atomic mass is 32.1. The van der Waals surface area contributed by atoms with Crippen molar-refractivity contribution < 1.29 is 9.53 Å². The number of hydrogen-bond acceptors (Lipinski definition) is 4. The first kappa shape index (κ1) is 16.2. The van der Waals surface area contributed by atoms with Crippen LogP contribution in [0.15, 0.2) is 6.20 Å². The molecule has 1 aliphatic heterocycles. The Hall–Kier alpha value is -1.14. The smallest absolute Gasteiger partial charge is 0.315 e. The highest BCUT2D eigenvalue weighted by Crippen LogP contribution is 2.37. The van der Waals surface area contributed by atoms with Crippen molar-refractivity contribution in [2.75, 3.05) is 6.54 Å². The standard InChI is InChI=1S/C15H25N3O2S/c1-10-9-17-12(21-10)6-7-16-13(19)18-11-8-14(2,3)20-15(11,4)5/h9,11H,6-8H2,1-5H3,(H2,16,18,19). The van der Waals surface area contributed by atoms with Crippen molar-refractivity contribution in [3.05, 3.63) is 16.1 Å². The highest BCUT2D eigenvalue weighted by Gasteiger charge is 2.46. The molecule has 0 spiro atoms. The minimum absolute atomic E-state index is 0.0228. The average molecular weight is 311 g/mol. The van der Waals surface area contributed by atoms with Crippen molar-refractivity contribution in [1.29, 1.82) is 0 Å². The van der Waals surface area contributed by atoms with Crippen LogP contribution >= 0.6 is 11.3 Å². The van der Waals surface area contributed by atoms with Gasteiger partial charge >= 0.3 is 6.03 Å². The SMILES string of the molecule is Cc1cnc(CCNC(=O)NC2CC(C)(C)OC2(C)C)s1. The van der Waals surface area contributed by atoms with Crippen LogP contribution < -0.4 is 10.6 Å². The summed E-state index contributed by atoms with van der Waals surface area (Å²) in [6, 6.07) is -0.114. The average Bonchev–Trinajstić information content (AvgIpc) is 2.80. The Morgan fingerprint density at radius 1 is 1.48 bits per heavy atom. The van der Waals surface area contributed by atoms with Crippen molar-refractivity contribution >= 4 is 17.4 Å². The van der Waals surface area contributed by atoms with E-state index in [1.54, 1.807) is 11.3 Å². The van der Waals surface area contributed by atoms with Crippen LogP contribution in [0.1, 0.15) is 44.0 Å². The summed E-state index contributed by atoms with van der Waals surface area (Å²) in [6.07, 6.45) is 3.45. The topological polar surface area (TPSA) is 63.2 Å². The lowest BCUT2D eigenvalue weighted by Crippen LogP contribution is -2.50. The van der Waals surface area contributed by atoms with Crippen LogP contribution in [0.5, 0.6) is 0 Å². The van der Waals surface area contributed by atoms with Crippen LogP contribution in [-0.2, 0) is 11.2 Å². The van der Waals surface area contributed by atoms with Gasteiger partial charge < -0.3 is 15.4 Å². The second-order valence-corrected chi connectivity index (χ2v) is 8.06. The zero-order valence-electron chi connectivity index (χ0n) is 13.4. The second kappa shape index (κ2) is 5.93. The van der Waals surface area contributed by atoms with E-state index in [1.807, 2.05) is 27.0 Å². The molecule has 0 aliphatic carbocycles. The first-order valence-electron chi connectivity index (χ1n) is 7.34. The minimum Gasteiger partial charge on any atom is -0.367 e. The Kier molecular flexibility index (Phi) is 4.58. The largest absolute Gasteiger partial charge is 0.367 e. The summed E-state index contributed by atoms with van der Waals surface area (Å²) in [5.41, 5.74) is -0.535. The molecule has 2 N–H and O–H groups in total. The number of hydrogen-bond donors (Lipinski definition) is 2. The van der Waals surface area contributed by atoms with Crippen LogP contribution in [0.3, 0.4) is 0 Å². The van der Waals surface area contributed by atoms with Crippen molar-refractivity contribution in [2.24, 2.45) is 0 Å². The van der Waals surface area contributed by atoms with Crippen LogP contribution in [0, 0.1) is 6.92 Å². The van der Waals surface area contributed by atoms with Gasteiger partial charge in [-0.1, -0.05) is 0 Å². The van der Waals surface area contributed by atoms with E-state index in [0.29, 0.717) is 6.54 Å². The van der Waals surface area contributed by atoms with Crippen LogP contribution in [0.2, 0.25) is 0 Å². The highest BCUT2D eigenvalue weighted by molar-refractivity contribution is 7.11. The van der Waals surface area contributed by atoms with E-state index in [2.05, 4.69) is 29.5 Å². The van der Waals surface area contributed by atoms with Gasteiger partial charge in [0.05, 0.1) is 22.3 Å². The predicted molar refractivity (Wildman–Crippen MR) is 84.7 cm³/mol. The molecule has 0 aromatic carbocycles. The van der Waals surface area contributed by atoms with Crippen LogP contribution in [0.4, 0.5) is 4.79 Å². The number of nitrogens with one attached hydrogen (secondary N) is 2. The van der Waals surface area contributed by atoms with Gasteiger partial charge in [0.15, 0.2) is 0 Å². The molecule has 1 fully saturated rings. The van der Waals surface area contributed by atoms with Gasteiger partial charge in [-0.3, -0.25) is 0 Å². The molecule has 2 amide bonds. The number of aryl methyl sites for hydroxylation is 1. The molecule has 2 rings (SSSR count). The maximum absolute atomic E-state index is 12.0. The van der Waals surface area contributed by atoms with Crippen molar-refractivity contribution in [1.82, 2.24) is 15.6 Å². The van der Waals surface area contributed by atoms with Gasteiger partial charge in [-0.05, 0) is 41.0 Å². The number of aromatic nitrogens is 1. The molecule has 0 saturated carbocycles. The fourth-order valence-corrected chi connectivity index (χ4v) is 3.58. The Bertz CT molecular complexity index is 511. The van der Waals surface area contributed by atoms with Crippen molar-refractivity contribution in [2.45, 2.75) is 64.7 Å². The number of ether oxygens (including phenoxy) is 1. The third kappa shape index (κ3) is 4.41. The van der Waals surface area contributed by atoms with Gasteiger partial charge in [0.2, 0.25) is 0 Å². The van der Waals surface area contributed by atoms with Gasteiger partial charge in [0, 0.05) is 24.0 Å². The van der Waals surface area contributed by atoms with E-state index in [4.69, 9.17) is 4.74 Å². The van der Waals surface area contributed by atoms with Gasteiger partial charge in [-0.2, -0.15) is 0 Å². The number of amides is 2. The van der Waals surface area contributed by atoms with E-state index in [0.717, 1.165) is 17.8 Å². The number of urea groups is 1. The molecule has 118 valence electrons. The first-order valence-corrected chi connectivity index (χ1v) is 8.15. The lowest BCUT2D eigenvalue weighted by molar-refractivity contribution is -0.0690. The maximum atomic E-state index is 12.0. The Morgan fingerprint density at radius 2 is 2.19 bits per heavy atom. The molecular formula is C15H25N3O2S. The molecule has 1 aromatic heterocycles. The Balaban J connectivity index is 1.77. The van der Waals surface area contributed by atoms with Gasteiger partial charge in [0.25, 0.3) is 0 Å². The normalized spacial score (nSPS) is 23.0. The molecular weight excluding hydrogens is 286 g/mol. The molecule has 21 heavy (non-hydrogen) atoms. The van der Waals surface area contributed by atoms with E-state index in [9.17, 15) is 4.79 Å². The summed E-state index contributed by atoms with van der Waals surface area (Å²) in [5.74, 6) is 0. The summed E-state index contributed by atoms with van der Waals surface area (Å²) < 4.78 is 5.98. The summed E-state index contributed by atoms with van der Waals surface area (Å²) >= 11 is 1.67. The van der Waals surface area contributed by atoms with Crippen molar-refractivity contribution in [3.8, 4) is 0 Å². The van der Waals surface area contributed by atoms with E-state index in [-0.39, 0.29) is 23.3 Å². The quantitative estimate of drug-likeness (QED) is 0.898. The van der Waals surface area contributed by atoms with Gasteiger partial charge in [0.1, 0.15) is 0 Å². The molecule has 5 nitrogen and oxygen atoms in total. The molecule has 6 heteroatoms. The Labute approximate surface area is 130 Å². The van der Waals surface area contributed by atoms with E-state index >= 15 is 0 Å². The summed E-state index contributed by atoms with van der Waals surface area (Å²) in [7, 11) is 0. The predicted octanol–water partition coefficient (Wildman–Crippen LogP) is 2.64. The third-order valence-electron chi connectivity index (χ3n) is 3.67. The molecule has 0 radical (unpaired) electrons. The lowest BCUT2D eigenvalue weighted by atomic mass is 9.95. The number of thiazole rings is 1. The zero-order valence-corrected chi connectivity index (χ0v) is 14.3. The molecule has 1 atom stereocenters. The molecule has 1 unspecified atom stereocenters.